The number of ether oxygens (including phenoxy) is 2. The smallest absolute Gasteiger partial charge is 0.478 e. The second-order valence-electron chi connectivity index (χ2n) is 3.97. The lowest BCUT2D eigenvalue weighted by Gasteiger charge is -2.08. The fourth-order valence-corrected chi connectivity index (χ4v) is 1.43. The van der Waals surface area contributed by atoms with Crippen molar-refractivity contribution in [2.45, 2.75) is 26.2 Å². The summed E-state index contributed by atoms with van der Waals surface area (Å²) in [5.41, 5.74) is 5.68. The normalized spacial score (nSPS) is 9.95. The average molecular weight is 267 g/mol. The van der Waals surface area contributed by atoms with Crippen molar-refractivity contribution in [3.63, 3.8) is 0 Å². The highest BCUT2D eigenvalue weighted by molar-refractivity contribution is 5.92. The van der Waals surface area contributed by atoms with Crippen LogP contribution in [0.15, 0.2) is 18.2 Å². The average Bonchev–Trinajstić information content (AvgIpc) is 2.34. The van der Waals surface area contributed by atoms with Crippen molar-refractivity contribution < 1.29 is 24.2 Å². The molecule has 6 heteroatoms. The van der Waals surface area contributed by atoms with Gasteiger partial charge < -0.3 is 20.3 Å². The molecule has 0 unspecified atom stereocenters. The van der Waals surface area contributed by atoms with E-state index in [0.717, 1.165) is 19.3 Å². The maximum Gasteiger partial charge on any atom is 0.513 e. The van der Waals surface area contributed by atoms with Crippen molar-refractivity contribution in [1.29, 1.82) is 0 Å². The summed E-state index contributed by atoms with van der Waals surface area (Å²) in [6.45, 7) is 2.28. The number of carboxylic acid groups (broad SMARTS) is 1. The summed E-state index contributed by atoms with van der Waals surface area (Å²) in [5.74, 6) is -1.32. The summed E-state index contributed by atoms with van der Waals surface area (Å²) < 4.78 is 9.67. The topological polar surface area (TPSA) is 98.9 Å². The molecule has 1 rings (SSSR count). The Morgan fingerprint density at radius 3 is 2.68 bits per heavy atom. The van der Waals surface area contributed by atoms with Crippen molar-refractivity contribution in [3.05, 3.63) is 23.8 Å². The van der Waals surface area contributed by atoms with Crippen LogP contribution in [-0.4, -0.2) is 23.8 Å². The maximum absolute atomic E-state index is 11.4. The van der Waals surface area contributed by atoms with Crippen molar-refractivity contribution in [2.75, 3.05) is 12.3 Å². The van der Waals surface area contributed by atoms with Crippen molar-refractivity contribution >= 4 is 17.8 Å². The number of nitrogen functional groups attached to an aromatic ring is 1. The standard InChI is InChI=1S/C13H17NO5/c1-2-3-4-7-18-13(17)19-11-8-9(14)5-6-10(11)12(15)16/h5-6,8H,2-4,7,14H2,1H3,(H,15,16). The molecule has 3 N–H and O–H groups in total. The Morgan fingerprint density at radius 2 is 2.05 bits per heavy atom. The summed E-state index contributed by atoms with van der Waals surface area (Å²) in [4.78, 5) is 22.3. The third kappa shape index (κ3) is 4.87. The maximum atomic E-state index is 11.4. The van der Waals surface area contributed by atoms with Gasteiger partial charge >= 0.3 is 12.1 Å². The number of carbonyl (C=O) groups is 2. The number of hydrogen-bond acceptors (Lipinski definition) is 5. The number of rotatable bonds is 6. The first kappa shape index (κ1) is 14.8. The molecule has 0 bridgehead atoms. The highest BCUT2D eigenvalue weighted by Gasteiger charge is 2.15. The number of unbranched alkanes of at least 4 members (excludes halogenated alkanes) is 2. The number of hydrogen-bond donors (Lipinski definition) is 2. The number of nitrogens with two attached hydrogens (primary N) is 1. The van der Waals surface area contributed by atoms with E-state index in [0.29, 0.717) is 5.69 Å². The molecule has 0 aliphatic carbocycles. The van der Waals surface area contributed by atoms with Gasteiger partial charge in [-0.2, -0.15) is 0 Å². The van der Waals surface area contributed by atoms with Crippen LogP contribution in [0.25, 0.3) is 0 Å². The monoisotopic (exact) mass is 267 g/mol. The first-order chi connectivity index (χ1) is 9.04. The van der Waals surface area contributed by atoms with E-state index in [-0.39, 0.29) is 17.9 Å². The highest BCUT2D eigenvalue weighted by atomic mass is 16.7. The predicted molar refractivity (Wildman–Crippen MR) is 69.3 cm³/mol. The second kappa shape index (κ2) is 7.25. The first-order valence-corrected chi connectivity index (χ1v) is 6.02. The van der Waals surface area contributed by atoms with Gasteiger partial charge in [-0.1, -0.05) is 19.8 Å². The van der Waals surface area contributed by atoms with Gasteiger partial charge in [-0.15, -0.1) is 0 Å². The number of carbonyl (C=O) groups excluding carboxylic acids is 1. The van der Waals surface area contributed by atoms with Crippen LogP contribution >= 0.6 is 0 Å². The zero-order chi connectivity index (χ0) is 14.3. The van der Waals surface area contributed by atoms with Crippen molar-refractivity contribution in [1.82, 2.24) is 0 Å². The van der Waals surface area contributed by atoms with E-state index < -0.39 is 12.1 Å². The molecule has 0 fully saturated rings. The molecule has 0 radical (unpaired) electrons. The van der Waals surface area contributed by atoms with E-state index >= 15 is 0 Å². The fraction of sp³-hybridized carbons (Fsp3) is 0.385. The van der Waals surface area contributed by atoms with Crippen LogP contribution in [0.2, 0.25) is 0 Å². The Hall–Kier alpha value is -2.24. The van der Waals surface area contributed by atoms with Gasteiger partial charge in [-0.3, -0.25) is 0 Å². The quantitative estimate of drug-likeness (QED) is 0.356. The molecule has 0 aromatic heterocycles. The molecular formula is C13H17NO5. The molecule has 0 atom stereocenters. The Labute approximate surface area is 111 Å². The summed E-state index contributed by atoms with van der Waals surface area (Å²) in [6, 6.07) is 3.97. The summed E-state index contributed by atoms with van der Waals surface area (Å²) >= 11 is 0. The molecule has 104 valence electrons. The molecule has 0 aliphatic rings. The number of benzene rings is 1. The van der Waals surface area contributed by atoms with Gasteiger partial charge in [0.1, 0.15) is 5.56 Å². The lowest BCUT2D eigenvalue weighted by atomic mass is 10.2. The number of carboxylic acids is 1. The van der Waals surface area contributed by atoms with Crippen LogP contribution in [0.4, 0.5) is 10.5 Å². The Morgan fingerprint density at radius 1 is 1.32 bits per heavy atom. The van der Waals surface area contributed by atoms with E-state index in [1.165, 1.54) is 18.2 Å². The van der Waals surface area contributed by atoms with Gasteiger partial charge in [-0.25, -0.2) is 9.59 Å². The van der Waals surface area contributed by atoms with Crippen molar-refractivity contribution in [2.24, 2.45) is 0 Å². The molecule has 0 heterocycles. The van der Waals surface area contributed by atoms with E-state index in [1.54, 1.807) is 0 Å². The zero-order valence-electron chi connectivity index (χ0n) is 10.7. The molecule has 0 aliphatic heterocycles. The van der Waals surface area contributed by atoms with Gasteiger partial charge in [0.25, 0.3) is 0 Å². The molecule has 1 aromatic rings. The Bertz CT molecular complexity index is 458. The molecule has 19 heavy (non-hydrogen) atoms. The SMILES string of the molecule is CCCCCOC(=O)Oc1cc(N)ccc1C(=O)O. The zero-order valence-corrected chi connectivity index (χ0v) is 10.7. The predicted octanol–water partition coefficient (Wildman–Crippen LogP) is 2.67. The van der Waals surface area contributed by atoms with Gasteiger partial charge in [-0.05, 0) is 18.6 Å². The third-order valence-corrected chi connectivity index (χ3v) is 2.40. The Balaban J connectivity index is 2.62. The fourth-order valence-electron chi connectivity index (χ4n) is 1.43. The van der Waals surface area contributed by atoms with Gasteiger partial charge in [0.2, 0.25) is 0 Å². The minimum absolute atomic E-state index is 0.118. The minimum Gasteiger partial charge on any atom is -0.478 e. The molecule has 1 aromatic carbocycles. The van der Waals surface area contributed by atoms with Crippen molar-refractivity contribution in [3.8, 4) is 5.75 Å². The largest absolute Gasteiger partial charge is 0.513 e. The molecule has 0 spiro atoms. The highest BCUT2D eigenvalue weighted by Crippen LogP contribution is 2.22. The molecule has 0 saturated heterocycles. The van der Waals surface area contributed by atoms with Gasteiger partial charge in [0, 0.05) is 11.8 Å². The molecule has 0 saturated carbocycles. The second-order valence-corrected chi connectivity index (χ2v) is 3.97. The van der Waals surface area contributed by atoms with E-state index in [9.17, 15) is 9.59 Å². The van der Waals surface area contributed by atoms with Crippen LogP contribution in [0.5, 0.6) is 5.75 Å². The lowest BCUT2D eigenvalue weighted by Crippen LogP contribution is -2.14. The van der Waals surface area contributed by atoms with E-state index in [2.05, 4.69) is 0 Å². The Kier molecular flexibility index (Phi) is 5.66. The van der Waals surface area contributed by atoms with Gasteiger partial charge in [0.05, 0.1) is 6.61 Å². The van der Waals surface area contributed by atoms with E-state index in [1.807, 2.05) is 6.92 Å². The molecular weight excluding hydrogens is 250 g/mol. The summed E-state index contributed by atoms with van der Waals surface area (Å²) in [5, 5.41) is 8.94. The van der Waals surface area contributed by atoms with Crippen LogP contribution in [-0.2, 0) is 4.74 Å². The number of aromatic carboxylic acids is 1. The third-order valence-electron chi connectivity index (χ3n) is 2.40. The van der Waals surface area contributed by atoms with Gasteiger partial charge in [0.15, 0.2) is 5.75 Å². The van der Waals surface area contributed by atoms with Crippen LogP contribution in [0, 0.1) is 0 Å². The molecule has 6 nitrogen and oxygen atoms in total. The molecule has 0 amide bonds. The van der Waals surface area contributed by atoms with Crippen LogP contribution in [0.1, 0.15) is 36.5 Å². The first-order valence-electron chi connectivity index (χ1n) is 6.02. The van der Waals surface area contributed by atoms with Crippen LogP contribution in [0.3, 0.4) is 0 Å². The summed E-state index contributed by atoms with van der Waals surface area (Å²) in [7, 11) is 0. The summed E-state index contributed by atoms with van der Waals surface area (Å²) in [6.07, 6.45) is 1.78. The van der Waals surface area contributed by atoms with Crippen LogP contribution < -0.4 is 10.5 Å². The number of anilines is 1. The lowest BCUT2D eigenvalue weighted by molar-refractivity contribution is 0.0689. The van der Waals surface area contributed by atoms with E-state index in [4.69, 9.17) is 20.3 Å². The minimum atomic E-state index is -1.20.